The van der Waals surface area contributed by atoms with Crippen molar-refractivity contribution in [2.75, 3.05) is 13.7 Å². The van der Waals surface area contributed by atoms with Crippen LogP contribution in [0.25, 0.3) is 0 Å². The quantitative estimate of drug-likeness (QED) is 0.792. The van der Waals surface area contributed by atoms with E-state index in [1.807, 2.05) is 0 Å². The molecule has 0 aromatic carbocycles. The second-order valence-corrected chi connectivity index (χ2v) is 4.84. The number of rotatable bonds is 4. The Hall–Kier alpha value is -0.910. The Morgan fingerprint density at radius 3 is 2.71 bits per heavy atom. The van der Waals surface area contributed by atoms with Gasteiger partial charge in [-0.1, -0.05) is 6.42 Å². The van der Waals surface area contributed by atoms with E-state index in [0.29, 0.717) is 0 Å². The monoisotopic (exact) mass is 248 g/mol. The predicted molar refractivity (Wildman–Crippen MR) is 58.0 cm³/mol. The van der Waals surface area contributed by atoms with Crippen molar-refractivity contribution in [1.82, 2.24) is 10.6 Å². The first-order valence-electron chi connectivity index (χ1n) is 5.94. The second kappa shape index (κ2) is 4.76. The zero-order valence-corrected chi connectivity index (χ0v) is 9.84. The molecule has 0 radical (unpaired) electrons. The van der Waals surface area contributed by atoms with Crippen molar-refractivity contribution < 1.29 is 18.3 Å². The summed E-state index contributed by atoms with van der Waals surface area (Å²) in [7, 11) is 1.68. The lowest BCUT2D eigenvalue weighted by Crippen LogP contribution is -2.68. The molecule has 0 bridgehead atoms. The van der Waals surface area contributed by atoms with Gasteiger partial charge in [-0.15, -0.1) is 0 Å². The molecule has 1 spiro atoms. The van der Waals surface area contributed by atoms with Gasteiger partial charge in [0, 0.05) is 18.6 Å². The summed E-state index contributed by atoms with van der Waals surface area (Å²) < 4.78 is 29.2. The summed E-state index contributed by atoms with van der Waals surface area (Å²) in [5, 5.41) is 4.92. The first kappa shape index (κ1) is 12.5. The molecule has 2 fully saturated rings. The van der Waals surface area contributed by atoms with Gasteiger partial charge in [0.25, 0.3) is 6.43 Å². The van der Waals surface area contributed by atoms with Gasteiger partial charge in [-0.25, -0.2) is 13.6 Å². The Morgan fingerprint density at radius 1 is 1.53 bits per heavy atom. The molecule has 2 atom stereocenters. The number of halogens is 2. The first-order valence-corrected chi connectivity index (χ1v) is 5.94. The van der Waals surface area contributed by atoms with Gasteiger partial charge >= 0.3 is 6.03 Å². The molecular formula is C11H18F2N2O2. The SMILES string of the molecule is COC1CC(NC(=O)NCC(F)F)C12CCC2. The van der Waals surface area contributed by atoms with Crippen molar-refractivity contribution in [3.63, 3.8) is 0 Å². The van der Waals surface area contributed by atoms with Crippen LogP contribution in [0, 0.1) is 5.41 Å². The van der Waals surface area contributed by atoms with Crippen LogP contribution in [0.4, 0.5) is 13.6 Å². The molecule has 0 aliphatic heterocycles. The third kappa shape index (κ3) is 2.22. The van der Waals surface area contributed by atoms with Crippen LogP contribution in [0.15, 0.2) is 0 Å². The van der Waals surface area contributed by atoms with Gasteiger partial charge in [0.1, 0.15) is 0 Å². The third-order valence-electron chi connectivity index (χ3n) is 4.08. The number of urea groups is 1. The Morgan fingerprint density at radius 2 is 2.24 bits per heavy atom. The van der Waals surface area contributed by atoms with Crippen LogP contribution in [-0.4, -0.2) is 38.3 Å². The summed E-state index contributed by atoms with van der Waals surface area (Å²) in [6.07, 6.45) is 1.72. The minimum absolute atomic E-state index is 0.0664. The molecule has 0 saturated heterocycles. The zero-order valence-electron chi connectivity index (χ0n) is 9.84. The molecule has 2 unspecified atom stereocenters. The molecule has 2 N–H and O–H groups in total. The maximum atomic E-state index is 11.9. The zero-order chi connectivity index (χ0) is 12.5. The number of hydrogen-bond donors (Lipinski definition) is 2. The number of amides is 2. The van der Waals surface area contributed by atoms with E-state index < -0.39 is 19.0 Å². The van der Waals surface area contributed by atoms with E-state index in [1.165, 1.54) is 0 Å². The number of alkyl halides is 2. The number of carbonyl (C=O) groups is 1. The average Bonchev–Trinajstić information content (AvgIpc) is 2.18. The van der Waals surface area contributed by atoms with E-state index in [2.05, 4.69) is 10.6 Å². The van der Waals surface area contributed by atoms with Crippen molar-refractivity contribution in [2.24, 2.45) is 5.41 Å². The lowest BCUT2D eigenvalue weighted by molar-refractivity contribution is -0.158. The fourth-order valence-electron chi connectivity index (χ4n) is 2.92. The van der Waals surface area contributed by atoms with Gasteiger partial charge in [-0.05, 0) is 19.3 Å². The van der Waals surface area contributed by atoms with E-state index in [9.17, 15) is 13.6 Å². The Balaban J connectivity index is 1.78. The minimum Gasteiger partial charge on any atom is -0.381 e. The predicted octanol–water partition coefficient (Wildman–Crippen LogP) is 1.51. The smallest absolute Gasteiger partial charge is 0.315 e. The summed E-state index contributed by atoms with van der Waals surface area (Å²) in [4.78, 5) is 11.4. The molecule has 2 rings (SSSR count). The fourth-order valence-corrected chi connectivity index (χ4v) is 2.92. The van der Waals surface area contributed by atoms with Crippen molar-refractivity contribution in [3.05, 3.63) is 0 Å². The summed E-state index contributed by atoms with van der Waals surface area (Å²) in [5.41, 5.74) is 0.0664. The van der Waals surface area contributed by atoms with Crippen LogP contribution in [0.5, 0.6) is 0 Å². The van der Waals surface area contributed by atoms with E-state index in [0.717, 1.165) is 25.7 Å². The summed E-state index contributed by atoms with van der Waals surface area (Å²) in [6.45, 7) is -0.598. The molecule has 6 heteroatoms. The Kier molecular flexibility index (Phi) is 3.51. The molecule has 2 amide bonds. The molecule has 2 aliphatic rings. The fraction of sp³-hybridized carbons (Fsp3) is 0.909. The van der Waals surface area contributed by atoms with E-state index in [4.69, 9.17) is 4.74 Å². The van der Waals surface area contributed by atoms with Crippen LogP contribution < -0.4 is 10.6 Å². The first-order chi connectivity index (χ1) is 8.08. The number of ether oxygens (including phenoxy) is 1. The van der Waals surface area contributed by atoms with Gasteiger partial charge in [-0.2, -0.15) is 0 Å². The molecule has 2 saturated carbocycles. The number of carbonyl (C=O) groups excluding carboxylic acids is 1. The van der Waals surface area contributed by atoms with Crippen LogP contribution >= 0.6 is 0 Å². The van der Waals surface area contributed by atoms with Crippen molar-refractivity contribution >= 4 is 6.03 Å². The molecule has 0 heterocycles. The highest BCUT2D eigenvalue weighted by Gasteiger charge is 2.59. The maximum Gasteiger partial charge on any atom is 0.315 e. The van der Waals surface area contributed by atoms with Crippen LogP contribution in [0.1, 0.15) is 25.7 Å². The topological polar surface area (TPSA) is 50.4 Å². The van der Waals surface area contributed by atoms with Crippen LogP contribution in [-0.2, 0) is 4.74 Å². The van der Waals surface area contributed by atoms with Gasteiger partial charge in [0.15, 0.2) is 0 Å². The largest absolute Gasteiger partial charge is 0.381 e. The van der Waals surface area contributed by atoms with Crippen molar-refractivity contribution in [1.29, 1.82) is 0 Å². The molecule has 98 valence electrons. The van der Waals surface area contributed by atoms with E-state index in [-0.39, 0.29) is 17.6 Å². The molecule has 0 aromatic heterocycles. The molecule has 4 nitrogen and oxygen atoms in total. The summed E-state index contributed by atoms with van der Waals surface area (Å²) in [6, 6.07) is -0.435. The standard InChI is InChI=1S/C11H18F2N2O2/c1-17-8-5-7(11(8)3-2-4-11)15-10(16)14-6-9(12)13/h7-9H,2-6H2,1H3,(H2,14,15,16). The minimum atomic E-state index is -2.51. The van der Waals surface area contributed by atoms with Crippen molar-refractivity contribution in [3.8, 4) is 0 Å². The number of methoxy groups -OCH3 is 1. The molecular weight excluding hydrogens is 230 g/mol. The lowest BCUT2D eigenvalue weighted by Gasteiger charge is -2.60. The molecule has 17 heavy (non-hydrogen) atoms. The van der Waals surface area contributed by atoms with Crippen LogP contribution in [0.2, 0.25) is 0 Å². The molecule has 0 aromatic rings. The van der Waals surface area contributed by atoms with Gasteiger partial charge in [0.2, 0.25) is 0 Å². The molecule has 2 aliphatic carbocycles. The van der Waals surface area contributed by atoms with Crippen molar-refractivity contribution in [2.45, 2.75) is 44.3 Å². The Labute approximate surface area is 99.1 Å². The normalized spacial score (nSPS) is 29.6. The maximum absolute atomic E-state index is 11.9. The highest BCUT2D eigenvalue weighted by Crippen LogP contribution is 2.57. The van der Waals surface area contributed by atoms with E-state index in [1.54, 1.807) is 7.11 Å². The average molecular weight is 248 g/mol. The Bertz CT molecular complexity index is 295. The van der Waals surface area contributed by atoms with Gasteiger partial charge in [0.05, 0.1) is 12.6 Å². The highest BCUT2D eigenvalue weighted by atomic mass is 19.3. The summed E-state index contributed by atoms with van der Waals surface area (Å²) in [5.74, 6) is 0. The second-order valence-electron chi connectivity index (χ2n) is 4.84. The van der Waals surface area contributed by atoms with E-state index >= 15 is 0 Å². The van der Waals surface area contributed by atoms with Gasteiger partial charge in [-0.3, -0.25) is 0 Å². The lowest BCUT2D eigenvalue weighted by atomic mass is 9.51. The summed E-state index contributed by atoms with van der Waals surface area (Å²) >= 11 is 0. The highest BCUT2D eigenvalue weighted by molar-refractivity contribution is 5.74. The number of nitrogens with one attached hydrogen (secondary N) is 2. The number of hydrogen-bond acceptors (Lipinski definition) is 2. The third-order valence-corrected chi connectivity index (χ3v) is 4.08. The van der Waals surface area contributed by atoms with Crippen LogP contribution in [0.3, 0.4) is 0 Å². The van der Waals surface area contributed by atoms with Gasteiger partial charge < -0.3 is 15.4 Å².